The summed E-state index contributed by atoms with van der Waals surface area (Å²) >= 11 is 0. The predicted molar refractivity (Wildman–Crippen MR) is 46.3 cm³/mol. The van der Waals surface area contributed by atoms with Crippen LogP contribution in [-0.4, -0.2) is 22.4 Å². The van der Waals surface area contributed by atoms with E-state index in [0.717, 1.165) is 0 Å². The van der Waals surface area contributed by atoms with Gasteiger partial charge in [-0.15, -0.1) is 0 Å². The lowest BCUT2D eigenvalue weighted by Crippen LogP contribution is -2.41. The van der Waals surface area contributed by atoms with E-state index in [-0.39, 0.29) is 17.9 Å². The van der Waals surface area contributed by atoms with Gasteiger partial charge in [0.25, 0.3) is 0 Å². The molecule has 68 valence electrons. The summed E-state index contributed by atoms with van der Waals surface area (Å²) in [5.41, 5.74) is -0.926. The van der Waals surface area contributed by atoms with Crippen LogP contribution in [0.15, 0.2) is 0 Å². The molecule has 0 saturated heterocycles. The summed E-state index contributed by atoms with van der Waals surface area (Å²) in [7, 11) is 0. The monoisotopic (exact) mass is 160 g/mol. The highest BCUT2D eigenvalue weighted by Gasteiger charge is 2.35. The summed E-state index contributed by atoms with van der Waals surface area (Å²) < 4.78 is 0. The highest BCUT2D eigenvalue weighted by Crippen LogP contribution is 2.33. The van der Waals surface area contributed by atoms with Crippen LogP contribution in [0.25, 0.3) is 0 Å². The number of hydrogen-bond acceptors (Lipinski definition) is 2. The van der Waals surface area contributed by atoms with E-state index in [9.17, 15) is 5.11 Å². The first-order chi connectivity index (χ1) is 4.72. The van der Waals surface area contributed by atoms with Crippen LogP contribution in [0.4, 0.5) is 0 Å². The molecule has 0 heterocycles. The molecule has 1 atom stereocenters. The molecule has 0 amide bonds. The minimum atomic E-state index is -0.716. The van der Waals surface area contributed by atoms with Crippen LogP contribution in [0.5, 0.6) is 0 Å². The Morgan fingerprint density at radius 1 is 1.18 bits per heavy atom. The number of rotatable bonds is 3. The molecule has 0 aromatic carbocycles. The summed E-state index contributed by atoms with van der Waals surface area (Å²) in [5, 5.41) is 18.7. The Morgan fingerprint density at radius 3 is 1.64 bits per heavy atom. The fourth-order valence-corrected chi connectivity index (χ4v) is 1.09. The Morgan fingerprint density at radius 2 is 1.55 bits per heavy atom. The molecule has 1 unspecified atom stereocenters. The van der Waals surface area contributed by atoms with Gasteiger partial charge in [-0.2, -0.15) is 0 Å². The Labute approximate surface area is 69.2 Å². The smallest absolute Gasteiger partial charge is 0.0623 e. The average Bonchev–Trinajstić information content (AvgIpc) is 1.84. The van der Waals surface area contributed by atoms with Gasteiger partial charge < -0.3 is 10.2 Å². The van der Waals surface area contributed by atoms with E-state index in [4.69, 9.17) is 5.11 Å². The number of hydrogen-bond donors (Lipinski definition) is 2. The Hall–Kier alpha value is -0.0800. The topological polar surface area (TPSA) is 40.5 Å². The van der Waals surface area contributed by atoms with E-state index in [2.05, 4.69) is 0 Å². The predicted octanol–water partition coefficient (Wildman–Crippen LogP) is 1.41. The van der Waals surface area contributed by atoms with Crippen molar-refractivity contribution in [1.29, 1.82) is 0 Å². The molecule has 0 saturated carbocycles. The first-order valence-electron chi connectivity index (χ1n) is 4.05. The molecule has 0 rings (SSSR count). The summed E-state index contributed by atoms with van der Waals surface area (Å²) in [5.74, 6) is 0.0833. The fraction of sp³-hybridized carbons (Fsp3) is 1.00. The molecule has 0 aliphatic rings. The van der Waals surface area contributed by atoms with Crippen molar-refractivity contribution in [3.05, 3.63) is 0 Å². The second kappa shape index (κ2) is 3.11. The highest BCUT2D eigenvalue weighted by molar-refractivity contribution is 4.85. The van der Waals surface area contributed by atoms with Crippen LogP contribution in [-0.2, 0) is 0 Å². The van der Waals surface area contributed by atoms with E-state index >= 15 is 0 Å². The van der Waals surface area contributed by atoms with E-state index < -0.39 is 5.60 Å². The van der Waals surface area contributed by atoms with Crippen LogP contribution < -0.4 is 0 Å². The van der Waals surface area contributed by atoms with Gasteiger partial charge in [0.1, 0.15) is 0 Å². The Balaban J connectivity index is 4.35. The molecule has 0 aliphatic heterocycles. The van der Waals surface area contributed by atoms with E-state index in [1.165, 1.54) is 0 Å². The molecule has 2 nitrogen and oxygen atoms in total. The standard InChI is InChI=1S/C9H20O2/c1-7(9(4,5)11)8(2,3)6-10/h7,10-11H,6H2,1-5H3. The maximum atomic E-state index is 9.64. The van der Waals surface area contributed by atoms with Crippen LogP contribution in [0.1, 0.15) is 34.6 Å². The van der Waals surface area contributed by atoms with Crippen LogP contribution in [0, 0.1) is 11.3 Å². The molecular weight excluding hydrogens is 140 g/mol. The summed E-state index contributed by atoms with van der Waals surface area (Å²) in [4.78, 5) is 0. The molecule has 0 radical (unpaired) electrons. The maximum absolute atomic E-state index is 9.64. The Bertz CT molecular complexity index is 122. The van der Waals surface area contributed by atoms with Gasteiger partial charge in [0.05, 0.1) is 5.60 Å². The lowest BCUT2D eigenvalue weighted by molar-refractivity contribution is -0.0475. The molecular formula is C9H20O2. The third-order valence-corrected chi connectivity index (χ3v) is 2.64. The van der Waals surface area contributed by atoms with E-state index in [0.29, 0.717) is 0 Å². The number of aliphatic hydroxyl groups is 2. The first-order valence-corrected chi connectivity index (χ1v) is 4.05. The fourth-order valence-electron chi connectivity index (χ4n) is 1.09. The molecule has 0 aromatic rings. The minimum Gasteiger partial charge on any atom is -0.396 e. The van der Waals surface area contributed by atoms with Gasteiger partial charge in [0.15, 0.2) is 0 Å². The maximum Gasteiger partial charge on any atom is 0.0623 e. The second-order valence-corrected chi connectivity index (χ2v) is 4.52. The van der Waals surface area contributed by atoms with Gasteiger partial charge in [-0.05, 0) is 25.2 Å². The van der Waals surface area contributed by atoms with Gasteiger partial charge in [-0.1, -0.05) is 20.8 Å². The normalized spacial score (nSPS) is 16.6. The quantitative estimate of drug-likeness (QED) is 0.655. The molecule has 2 heteroatoms. The van der Waals surface area contributed by atoms with Gasteiger partial charge in [-0.25, -0.2) is 0 Å². The van der Waals surface area contributed by atoms with Crippen molar-refractivity contribution >= 4 is 0 Å². The molecule has 2 N–H and O–H groups in total. The molecule has 11 heavy (non-hydrogen) atoms. The molecule has 0 spiro atoms. The lowest BCUT2D eigenvalue weighted by Gasteiger charge is -2.38. The van der Waals surface area contributed by atoms with Gasteiger partial charge in [0.2, 0.25) is 0 Å². The number of aliphatic hydroxyl groups excluding tert-OH is 1. The van der Waals surface area contributed by atoms with Gasteiger partial charge in [-0.3, -0.25) is 0 Å². The zero-order chi connectivity index (χ0) is 9.28. The average molecular weight is 160 g/mol. The second-order valence-electron chi connectivity index (χ2n) is 4.52. The summed E-state index contributed by atoms with van der Waals surface area (Å²) in [6.45, 7) is 9.52. The van der Waals surface area contributed by atoms with Crippen molar-refractivity contribution in [2.24, 2.45) is 11.3 Å². The van der Waals surface area contributed by atoms with Crippen molar-refractivity contribution in [1.82, 2.24) is 0 Å². The third kappa shape index (κ3) is 2.80. The highest BCUT2D eigenvalue weighted by atomic mass is 16.3. The van der Waals surface area contributed by atoms with Crippen molar-refractivity contribution in [3.8, 4) is 0 Å². The zero-order valence-electron chi connectivity index (χ0n) is 8.18. The molecule has 0 fully saturated rings. The molecule has 0 bridgehead atoms. The third-order valence-electron chi connectivity index (χ3n) is 2.64. The van der Waals surface area contributed by atoms with Gasteiger partial charge in [0, 0.05) is 6.61 Å². The molecule has 0 aromatic heterocycles. The minimum absolute atomic E-state index is 0.0833. The first kappa shape index (κ1) is 10.9. The van der Waals surface area contributed by atoms with Crippen LogP contribution in [0.2, 0.25) is 0 Å². The Kier molecular flexibility index (Phi) is 3.09. The van der Waals surface area contributed by atoms with Crippen molar-refractivity contribution in [3.63, 3.8) is 0 Å². The van der Waals surface area contributed by atoms with Crippen molar-refractivity contribution in [2.75, 3.05) is 6.61 Å². The van der Waals surface area contributed by atoms with E-state index in [1.54, 1.807) is 13.8 Å². The van der Waals surface area contributed by atoms with E-state index in [1.807, 2.05) is 20.8 Å². The SMILES string of the molecule is CC(C(C)(C)O)C(C)(C)CO. The summed E-state index contributed by atoms with van der Waals surface area (Å²) in [6.07, 6.45) is 0. The lowest BCUT2D eigenvalue weighted by atomic mass is 9.72. The van der Waals surface area contributed by atoms with Gasteiger partial charge >= 0.3 is 0 Å². The van der Waals surface area contributed by atoms with Crippen LogP contribution in [0.3, 0.4) is 0 Å². The largest absolute Gasteiger partial charge is 0.396 e. The van der Waals surface area contributed by atoms with Crippen molar-refractivity contribution in [2.45, 2.75) is 40.2 Å². The van der Waals surface area contributed by atoms with Crippen LogP contribution >= 0.6 is 0 Å². The molecule has 0 aliphatic carbocycles. The van der Waals surface area contributed by atoms with Crippen molar-refractivity contribution < 1.29 is 10.2 Å². The zero-order valence-corrected chi connectivity index (χ0v) is 8.18. The summed E-state index contributed by atoms with van der Waals surface area (Å²) in [6, 6.07) is 0.